The van der Waals surface area contributed by atoms with Crippen LogP contribution >= 0.6 is 0 Å². The van der Waals surface area contributed by atoms with E-state index in [2.05, 4.69) is 33.1 Å². The number of rotatable bonds is 10. The molecular formula is C33H39N7O5S. The van der Waals surface area contributed by atoms with E-state index in [1.54, 1.807) is 46.7 Å². The Morgan fingerprint density at radius 2 is 1.80 bits per heavy atom. The van der Waals surface area contributed by atoms with E-state index >= 15 is 0 Å². The predicted molar refractivity (Wildman–Crippen MR) is 177 cm³/mol. The molecule has 0 atom stereocenters. The van der Waals surface area contributed by atoms with E-state index in [1.165, 1.54) is 30.9 Å². The molecule has 1 aliphatic rings. The summed E-state index contributed by atoms with van der Waals surface area (Å²) in [5.41, 5.74) is 3.30. The number of nitrogens with zero attached hydrogens (tertiary/aromatic N) is 3. The van der Waals surface area contributed by atoms with Gasteiger partial charge in [-0.25, -0.2) is 9.00 Å². The van der Waals surface area contributed by atoms with Crippen molar-refractivity contribution in [3.05, 3.63) is 83.4 Å². The number of unbranched alkanes of at least 4 members (excludes halogenated alkanes) is 1. The first-order valence-electron chi connectivity index (χ1n) is 15.2. The number of carbonyl (C=O) groups is 2. The number of aliphatic hydroxyl groups is 1. The Hall–Kier alpha value is -4.97. The Balaban J connectivity index is 1.59. The monoisotopic (exact) mass is 645 g/mol. The second-order valence-electron chi connectivity index (χ2n) is 10.9. The van der Waals surface area contributed by atoms with Crippen molar-refractivity contribution in [1.82, 2.24) is 5.32 Å². The zero-order chi connectivity index (χ0) is 32.9. The molecule has 4 rings (SSSR count). The molecule has 0 radical (unpaired) electrons. The van der Waals surface area contributed by atoms with Gasteiger partial charge < -0.3 is 21.0 Å². The summed E-state index contributed by atoms with van der Waals surface area (Å²) in [5, 5.41) is 30.1. The number of ether oxygens (including phenoxy) is 1. The Morgan fingerprint density at radius 1 is 1.09 bits per heavy atom. The third-order valence-electron chi connectivity index (χ3n) is 7.71. The van der Waals surface area contributed by atoms with Crippen LogP contribution in [0.1, 0.15) is 79.3 Å². The lowest BCUT2D eigenvalue weighted by molar-refractivity contribution is 0.0976. The molecule has 1 fully saturated rings. The molecule has 0 aromatic heterocycles. The van der Waals surface area contributed by atoms with E-state index < -0.39 is 28.1 Å². The molecule has 6 N–H and O–H groups in total. The van der Waals surface area contributed by atoms with Crippen LogP contribution in [0.5, 0.6) is 5.75 Å². The van der Waals surface area contributed by atoms with Crippen LogP contribution in [-0.2, 0) is 16.8 Å². The van der Waals surface area contributed by atoms with Gasteiger partial charge >= 0.3 is 6.03 Å². The first-order chi connectivity index (χ1) is 22.3. The van der Waals surface area contributed by atoms with E-state index in [-0.39, 0.29) is 17.0 Å². The van der Waals surface area contributed by atoms with E-state index in [0.29, 0.717) is 29.6 Å². The smallest absolute Gasteiger partial charge is 0.326 e. The summed E-state index contributed by atoms with van der Waals surface area (Å²) in [6.45, 7) is 2.62. The van der Waals surface area contributed by atoms with Gasteiger partial charge in [-0.15, -0.1) is 0 Å². The average molecular weight is 646 g/mol. The summed E-state index contributed by atoms with van der Waals surface area (Å²) >= 11 is 0. The van der Waals surface area contributed by atoms with Crippen molar-refractivity contribution in [1.29, 1.82) is 5.41 Å². The number of urea groups is 1. The van der Waals surface area contributed by atoms with Crippen LogP contribution in [0.25, 0.3) is 0 Å². The number of hydrogen-bond acceptors (Lipinski definition) is 7. The van der Waals surface area contributed by atoms with Gasteiger partial charge in [-0.05, 0) is 78.8 Å². The lowest BCUT2D eigenvalue weighted by atomic mass is 9.84. The van der Waals surface area contributed by atoms with Crippen molar-refractivity contribution < 1.29 is 23.6 Å². The maximum atomic E-state index is 13.8. The highest BCUT2D eigenvalue weighted by molar-refractivity contribution is 7.74. The predicted octanol–water partition coefficient (Wildman–Crippen LogP) is 6.54. The fraction of sp³-hybridized carbons (Fsp3) is 0.333. The molecule has 3 aromatic carbocycles. The summed E-state index contributed by atoms with van der Waals surface area (Å²) < 4.78 is 18.3. The minimum atomic E-state index is -1.98. The molecule has 1 aliphatic carbocycles. The number of anilines is 2. The van der Waals surface area contributed by atoms with Crippen molar-refractivity contribution in [2.45, 2.75) is 69.2 Å². The zero-order valence-corrected chi connectivity index (χ0v) is 26.5. The number of amides is 3. The molecular weight excluding hydrogens is 606 g/mol. The normalized spacial score (nSPS) is 13.1. The number of hydrogen-bond donors (Lipinski definition) is 5. The number of carbonyl (C=O) groups excluding carboxylic acids is 2. The minimum Gasteiger partial charge on any atom is -0.492 e. The molecule has 13 heteroatoms. The maximum Gasteiger partial charge on any atom is 0.326 e. The van der Waals surface area contributed by atoms with Gasteiger partial charge in [-0.2, -0.15) is 0 Å². The second-order valence-corrected chi connectivity index (χ2v) is 12.0. The Labute approximate surface area is 270 Å². The molecule has 1 saturated carbocycles. The molecule has 0 heterocycles. The fourth-order valence-corrected chi connectivity index (χ4v) is 5.91. The summed E-state index contributed by atoms with van der Waals surface area (Å²) in [7, 11) is -1.98. The fourth-order valence-electron chi connectivity index (χ4n) is 5.27. The molecule has 0 aliphatic heterocycles. The van der Waals surface area contributed by atoms with Crippen LogP contribution < -0.4 is 26.1 Å². The Kier molecular flexibility index (Phi) is 12.5. The lowest BCUT2D eigenvalue weighted by Crippen LogP contribution is -2.34. The van der Waals surface area contributed by atoms with Crippen LogP contribution in [0.3, 0.4) is 0 Å². The van der Waals surface area contributed by atoms with E-state index in [9.17, 15) is 18.9 Å². The SMILES string of the molecule is CCCCOc1ccc(NC(=O)N(Cc2ccc(C(=O)NC(=N)N=NN)cc2)c2ccc(C3CCCCC3)cc2)cc1S(=O)#CO. The third kappa shape index (κ3) is 9.27. The van der Waals surface area contributed by atoms with Crippen molar-refractivity contribution in [2.75, 3.05) is 16.8 Å². The van der Waals surface area contributed by atoms with Crippen LogP contribution in [0.4, 0.5) is 16.2 Å². The zero-order valence-electron chi connectivity index (χ0n) is 25.7. The summed E-state index contributed by atoms with van der Waals surface area (Å²) in [6.07, 6.45) is 7.74. The highest BCUT2D eigenvalue weighted by Crippen LogP contribution is 2.34. The van der Waals surface area contributed by atoms with Gasteiger partial charge in [0.2, 0.25) is 5.96 Å². The van der Waals surface area contributed by atoms with Gasteiger partial charge in [0.25, 0.3) is 5.91 Å². The van der Waals surface area contributed by atoms with Gasteiger partial charge in [0, 0.05) is 16.9 Å². The molecule has 12 nitrogen and oxygen atoms in total. The van der Waals surface area contributed by atoms with Crippen molar-refractivity contribution in [3.63, 3.8) is 0 Å². The largest absolute Gasteiger partial charge is 0.492 e. The van der Waals surface area contributed by atoms with E-state index in [4.69, 9.17) is 16.0 Å². The third-order valence-corrected chi connectivity index (χ3v) is 8.59. The molecule has 0 saturated heterocycles. The second kappa shape index (κ2) is 16.9. The molecule has 0 bridgehead atoms. The van der Waals surface area contributed by atoms with Gasteiger partial charge in [-0.1, -0.05) is 67.2 Å². The van der Waals surface area contributed by atoms with Gasteiger partial charge in [0.1, 0.15) is 10.6 Å². The number of aliphatic hydroxyl groups excluding tert-OH is 1. The molecule has 0 unspecified atom stereocenters. The molecule has 46 heavy (non-hydrogen) atoms. The van der Waals surface area contributed by atoms with Crippen LogP contribution in [0, 0.1) is 10.8 Å². The molecule has 242 valence electrons. The topological polar surface area (TPSA) is 183 Å². The lowest BCUT2D eigenvalue weighted by Gasteiger charge is -2.26. The maximum absolute atomic E-state index is 13.8. The highest BCUT2D eigenvalue weighted by Gasteiger charge is 2.20. The standard InChI is InChI=1S/C33H39N7O5S/c1-2-3-19-45-29-18-15-27(20-30(29)46(44)22-41)36-33(43)40(28-16-13-25(14-17-28)24-7-5-4-6-8-24)21-23-9-11-26(12-10-23)31(42)37-32(34)38-39-35/h9-18,20,24,41H,2-8,19,21H2,1H3,(H,36,43)(H4,34,35,37,38,42). The number of nitrogens with one attached hydrogen (secondary N) is 3. The minimum absolute atomic E-state index is 0.170. The van der Waals surface area contributed by atoms with Gasteiger partial charge in [0.15, 0.2) is 0 Å². The van der Waals surface area contributed by atoms with Crippen molar-refractivity contribution in [3.8, 4) is 11.1 Å². The van der Waals surface area contributed by atoms with Crippen LogP contribution in [-0.4, -0.2) is 33.8 Å². The van der Waals surface area contributed by atoms with Gasteiger partial charge in [-0.3, -0.25) is 20.4 Å². The Bertz CT molecular complexity index is 1700. The number of nitrogens with two attached hydrogens (primary N) is 1. The summed E-state index contributed by atoms with van der Waals surface area (Å²) in [6, 6.07) is 18.9. The van der Waals surface area contributed by atoms with Crippen molar-refractivity contribution in [2.24, 2.45) is 16.2 Å². The number of benzene rings is 3. The average Bonchev–Trinajstić information content (AvgIpc) is 3.08. The summed E-state index contributed by atoms with van der Waals surface area (Å²) in [4.78, 5) is 28.0. The Morgan fingerprint density at radius 3 is 2.46 bits per heavy atom. The van der Waals surface area contributed by atoms with Crippen molar-refractivity contribution >= 4 is 39.5 Å². The highest BCUT2D eigenvalue weighted by atomic mass is 32.2. The first-order valence-corrected chi connectivity index (χ1v) is 16.3. The molecule has 0 spiro atoms. The van der Waals surface area contributed by atoms with Crippen LogP contribution in [0.15, 0.2) is 82.0 Å². The van der Waals surface area contributed by atoms with Gasteiger partial charge in [0.05, 0.1) is 28.7 Å². The quantitative estimate of drug-likeness (QED) is 0.0416. The van der Waals surface area contributed by atoms with Crippen LogP contribution in [0.2, 0.25) is 0 Å². The summed E-state index contributed by atoms with van der Waals surface area (Å²) in [5.74, 6) is 4.74. The molecule has 3 aromatic rings. The van der Waals surface area contributed by atoms with E-state index in [1.807, 2.05) is 19.1 Å². The van der Waals surface area contributed by atoms with E-state index in [0.717, 1.165) is 31.2 Å². The number of guanidine groups is 1. The first kappa shape index (κ1) is 33.9. The molecule has 3 amide bonds.